The van der Waals surface area contributed by atoms with Crippen LogP contribution in [-0.2, 0) is 13.8 Å². The van der Waals surface area contributed by atoms with Crippen molar-refractivity contribution in [3.63, 3.8) is 0 Å². The summed E-state index contributed by atoms with van der Waals surface area (Å²) in [4.78, 5) is 11.4. The van der Waals surface area contributed by atoms with Crippen LogP contribution in [0.15, 0.2) is 21.5 Å². The summed E-state index contributed by atoms with van der Waals surface area (Å²) < 4.78 is 41.3. The minimum Gasteiger partial charge on any atom is -0.382 e. The molecule has 0 unspecified atom stereocenters. The van der Waals surface area contributed by atoms with Gasteiger partial charge in [-0.25, -0.2) is 12.8 Å². The highest BCUT2D eigenvalue weighted by atomic mass is 79.9. The van der Waals surface area contributed by atoms with E-state index in [-0.39, 0.29) is 16.6 Å². The van der Waals surface area contributed by atoms with Crippen LogP contribution in [0.2, 0.25) is 0 Å². The van der Waals surface area contributed by atoms with E-state index in [9.17, 15) is 17.6 Å². The zero-order valence-electron chi connectivity index (χ0n) is 11.5. The van der Waals surface area contributed by atoms with Gasteiger partial charge in [0, 0.05) is 22.3 Å². The molecule has 0 aliphatic heterocycles. The Morgan fingerprint density at radius 1 is 1.48 bits per heavy atom. The van der Waals surface area contributed by atoms with Crippen molar-refractivity contribution >= 4 is 41.6 Å². The van der Waals surface area contributed by atoms with E-state index in [0.29, 0.717) is 0 Å². The van der Waals surface area contributed by atoms with E-state index in [1.165, 1.54) is 7.11 Å². The van der Waals surface area contributed by atoms with Gasteiger partial charge in [0.1, 0.15) is 10.7 Å². The second-order valence-corrected chi connectivity index (χ2v) is 8.36. The van der Waals surface area contributed by atoms with Gasteiger partial charge < -0.3 is 10.1 Å². The van der Waals surface area contributed by atoms with E-state index in [0.717, 1.165) is 12.1 Å². The summed E-state index contributed by atoms with van der Waals surface area (Å²) in [6.07, 6.45) is 0. The standard InChI is InChI=1S/C12H14BrClFNO4S/c1-12(2,6-20-3)16-11(17)7-4-10(21(14,18)19)9(15)5-8(7)13/h4-5H,6H2,1-3H3,(H,16,17). The number of ether oxygens (including phenoxy) is 1. The predicted molar refractivity (Wildman–Crippen MR) is 80.6 cm³/mol. The van der Waals surface area contributed by atoms with Crippen LogP contribution >= 0.6 is 26.6 Å². The first-order chi connectivity index (χ1) is 9.48. The molecule has 0 aliphatic carbocycles. The van der Waals surface area contributed by atoms with Crippen molar-refractivity contribution in [1.82, 2.24) is 5.32 Å². The molecule has 0 aromatic heterocycles. The summed E-state index contributed by atoms with van der Waals surface area (Å²) >= 11 is 3.03. The normalized spacial score (nSPS) is 12.3. The SMILES string of the molecule is COCC(C)(C)NC(=O)c1cc(S(=O)(=O)Cl)c(F)cc1Br. The number of amides is 1. The summed E-state index contributed by atoms with van der Waals surface area (Å²) in [5, 5.41) is 2.66. The quantitative estimate of drug-likeness (QED) is 0.769. The van der Waals surface area contributed by atoms with Gasteiger partial charge in [0.15, 0.2) is 0 Å². The lowest BCUT2D eigenvalue weighted by Gasteiger charge is -2.25. The third-order valence-electron chi connectivity index (χ3n) is 2.49. The molecule has 1 rings (SSSR count). The van der Waals surface area contributed by atoms with Crippen LogP contribution in [0.4, 0.5) is 4.39 Å². The summed E-state index contributed by atoms with van der Waals surface area (Å²) in [7, 11) is 2.34. The van der Waals surface area contributed by atoms with Crippen LogP contribution in [0.1, 0.15) is 24.2 Å². The van der Waals surface area contributed by atoms with Gasteiger partial charge in [0.25, 0.3) is 15.0 Å². The highest BCUT2D eigenvalue weighted by molar-refractivity contribution is 9.10. The van der Waals surface area contributed by atoms with Crippen molar-refractivity contribution in [2.45, 2.75) is 24.3 Å². The molecule has 1 amide bonds. The zero-order valence-corrected chi connectivity index (χ0v) is 14.7. The minimum absolute atomic E-state index is 0.0418. The van der Waals surface area contributed by atoms with Crippen molar-refractivity contribution in [2.75, 3.05) is 13.7 Å². The smallest absolute Gasteiger partial charge is 0.264 e. The molecule has 118 valence electrons. The summed E-state index contributed by atoms with van der Waals surface area (Å²) in [6.45, 7) is 3.70. The van der Waals surface area contributed by atoms with Gasteiger partial charge in [-0.1, -0.05) is 0 Å². The first kappa shape index (κ1) is 18.3. The van der Waals surface area contributed by atoms with E-state index in [1.54, 1.807) is 13.8 Å². The minimum atomic E-state index is -4.29. The lowest BCUT2D eigenvalue weighted by molar-refractivity contribution is 0.0819. The molecule has 0 atom stereocenters. The number of halogens is 3. The molecule has 9 heteroatoms. The number of carbonyl (C=O) groups is 1. The summed E-state index contributed by atoms with van der Waals surface area (Å²) in [5.74, 6) is -1.62. The van der Waals surface area contributed by atoms with Gasteiger partial charge in [0.05, 0.1) is 17.7 Å². The second kappa shape index (κ2) is 6.60. The molecule has 1 aromatic carbocycles. The van der Waals surface area contributed by atoms with Gasteiger partial charge in [-0.05, 0) is 41.9 Å². The second-order valence-electron chi connectivity index (χ2n) is 4.97. The molecular weight excluding hydrogens is 389 g/mol. The Morgan fingerprint density at radius 2 is 2.05 bits per heavy atom. The predicted octanol–water partition coefficient (Wildman–Crippen LogP) is 2.67. The van der Waals surface area contributed by atoms with Crippen molar-refractivity contribution in [3.8, 4) is 0 Å². The lowest BCUT2D eigenvalue weighted by Crippen LogP contribution is -2.46. The average Bonchev–Trinajstić information content (AvgIpc) is 2.25. The van der Waals surface area contributed by atoms with E-state index < -0.39 is 31.2 Å². The van der Waals surface area contributed by atoms with Gasteiger partial charge >= 0.3 is 0 Å². The van der Waals surface area contributed by atoms with E-state index >= 15 is 0 Å². The Bertz CT molecular complexity index is 663. The number of rotatable bonds is 5. The average molecular weight is 403 g/mol. The number of hydrogen-bond acceptors (Lipinski definition) is 4. The summed E-state index contributed by atoms with van der Waals surface area (Å²) in [6, 6.07) is 1.77. The molecule has 0 spiro atoms. The molecule has 0 radical (unpaired) electrons. The number of hydrogen-bond donors (Lipinski definition) is 1. The van der Waals surface area contributed by atoms with Crippen molar-refractivity contribution in [3.05, 3.63) is 28.0 Å². The molecular formula is C12H14BrClFNO4S. The molecule has 1 aromatic rings. The maximum atomic E-state index is 13.6. The van der Waals surface area contributed by atoms with Crippen molar-refractivity contribution in [2.24, 2.45) is 0 Å². The van der Waals surface area contributed by atoms with Crippen LogP contribution in [0.5, 0.6) is 0 Å². The first-order valence-corrected chi connectivity index (χ1v) is 8.83. The highest BCUT2D eigenvalue weighted by Crippen LogP contribution is 2.27. The third kappa shape index (κ3) is 4.91. The van der Waals surface area contributed by atoms with Crippen LogP contribution < -0.4 is 5.32 Å². The van der Waals surface area contributed by atoms with Crippen LogP contribution in [0, 0.1) is 5.82 Å². The van der Waals surface area contributed by atoms with Gasteiger partial charge in [-0.2, -0.15) is 0 Å². The topological polar surface area (TPSA) is 72.5 Å². The Kier molecular flexibility index (Phi) is 5.76. The van der Waals surface area contributed by atoms with Gasteiger partial charge in [-0.3, -0.25) is 4.79 Å². The molecule has 5 nitrogen and oxygen atoms in total. The van der Waals surface area contributed by atoms with Crippen molar-refractivity contribution < 1.29 is 22.3 Å². The molecule has 0 fully saturated rings. The maximum Gasteiger partial charge on any atom is 0.264 e. The summed E-state index contributed by atoms with van der Waals surface area (Å²) in [5.41, 5.74) is -0.723. The molecule has 1 N–H and O–H groups in total. The Labute approximate surface area is 135 Å². The third-order valence-corrected chi connectivity index (χ3v) is 4.48. The molecule has 0 saturated carbocycles. The van der Waals surface area contributed by atoms with Gasteiger partial charge in [-0.15, -0.1) is 0 Å². The molecule has 0 aliphatic rings. The number of carbonyl (C=O) groups excluding carboxylic acids is 1. The van der Waals surface area contributed by atoms with Crippen LogP contribution in [0.25, 0.3) is 0 Å². The fraction of sp³-hybridized carbons (Fsp3) is 0.417. The molecule has 21 heavy (non-hydrogen) atoms. The molecule has 0 bridgehead atoms. The molecule has 0 saturated heterocycles. The van der Waals surface area contributed by atoms with E-state index in [2.05, 4.69) is 21.2 Å². The van der Waals surface area contributed by atoms with Crippen molar-refractivity contribution in [1.29, 1.82) is 0 Å². The fourth-order valence-electron chi connectivity index (χ4n) is 1.66. The number of benzene rings is 1. The number of nitrogens with one attached hydrogen (secondary N) is 1. The maximum absolute atomic E-state index is 13.6. The molecule has 0 heterocycles. The lowest BCUT2D eigenvalue weighted by atomic mass is 10.1. The van der Waals surface area contributed by atoms with E-state index in [1.807, 2.05) is 0 Å². The van der Waals surface area contributed by atoms with Crippen LogP contribution in [0.3, 0.4) is 0 Å². The monoisotopic (exact) mass is 401 g/mol. The number of methoxy groups -OCH3 is 1. The Balaban J connectivity index is 3.22. The Hall–Kier alpha value is -0.700. The first-order valence-electron chi connectivity index (χ1n) is 5.73. The largest absolute Gasteiger partial charge is 0.382 e. The zero-order chi connectivity index (χ0) is 16.4. The fourth-order valence-corrected chi connectivity index (χ4v) is 3.06. The Morgan fingerprint density at radius 3 is 2.52 bits per heavy atom. The van der Waals surface area contributed by atoms with Crippen LogP contribution in [-0.4, -0.2) is 33.6 Å². The van der Waals surface area contributed by atoms with Gasteiger partial charge in [0.2, 0.25) is 0 Å². The highest BCUT2D eigenvalue weighted by Gasteiger charge is 2.25. The van der Waals surface area contributed by atoms with E-state index in [4.69, 9.17) is 15.4 Å².